The van der Waals surface area contributed by atoms with Crippen molar-refractivity contribution < 1.29 is 9.53 Å². The van der Waals surface area contributed by atoms with E-state index < -0.39 is 5.60 Å². The van der Waals surface area contributed by atoms with Gasteiger partial charge in [0.2, 0.25) is 0 Å². The number of carbonyl (C=O) groups is 1. The van der Waals surface area contributed by atoms with Gasteiger partial charge in [0, 0.05) is 19.3 Å². The van der Waals surface area contributed by atoms with E-state index in [4.69, 9.17) is 4.74 Å². The lowest BCUT2D eigenvalue weighted by Crippen LogP contribution is -2.39. The predicted octanol–water partition coefficient (Wildman–Crippen LogP) is 1.70. The maximum Gasteiger partial charge on any atom is 0.256 e. The molecule has 2 N–H and O–H groups in total. The summed E-state index contributed by atoms with van der Waals surface area (Å²) in [6.07, 6.45) is 0.944. The highest BCUT2D eigenvalue weighted by molar-refractivity contribution is 5.97. The van der Waals surface area contributed by atoms with Crippen LogP contribution in [-0.4, -0.2) is 25.2 Å². The molecule has 1 amide bonds. The van der Waals surface area contributed by atoms with Crippen LogP contribution in [0, 0.1) is 0 Å². The summed E-state index contributed by atoms with van der Waals surface area (Å²) >= 11 is 0. The zero-order valence-electron chi connectivity index (χ0n) is 11.2. The summed E-state index contributed by atoms with van der Waals surface area (Å²) in [7, 11) is 1.55. The Kier molecular flexibility index (Phi) is 3.68. The SMILES string of the molecule is COC(C)(C)C(=O)Nc1cccc2c1CCNC2. The molecule has 4 heteroatoms. The number of benzene rings is 1. The van der Waals surface area contributed by atoms with Gasteiger partial charge in [0.15, 0.2) is 0 Å². The topological polar surface area (TPSA) is 50.4 Å². The third kappa shape index (κ3) is 2.54. The van der Waals surface area contributed by atoms with Gasteiger partial charge in [-0.05, 0) is 44.0 Å². The second-order valence-corrected chi connectivity index (χ2v) is 5.04. The first-order valence-electron chi connectivity index (χ1n) is 6.22. The Morgan fingerprint density at radius 1 is 1.44 bits per heavy atom. The molecule has 1 heterocycles. The molecule has 98 valence electrons. The smallest absolute Gasteiger partial charge is 0.256 e. The molecule has 18 heavy (non-hydrogen) atoms. The van der Waals surface area contributed by atoms with Crippen molar-refractivity contribution in [2.75, 3.05) is 19.0 Å². The molecule has 1 aliphatic heterocycles. The Balaban J connectivity index is 2.22. The molecule has 0 unspecified atom stereocenters. The van der Waals surface area contributed by atoms with Crippen molar-refractivity contribution >= 4 is 11.6 Å². The summed E-state index contributed by atoms with van der Waals surface area (Å²) in [5.41, 5.74) is 2.59. The lowest BCUT2D eigenvalue weighted by Gasteiger charge is -2.25. The first kappa shape index (κ1) is 13.1. The van der Waals surface area contributed by atoms with Gasteiger partial charge < -0.3 is 15.4 Å². The number of hydrogen-bond acceptors (Lipinski definition) is 3. The fourth-order valence-corrected chi connectivity index (χ4v) is 2.01. The summed E-state index contributed by atoms with van der Waals surface area (Å²) in [5.74, 6) is -0.114. The van der Waals surface area contributed by atoms with E-state index in [1.807, 2.05) is 12.1 Å². The summed E-state index contributed by atoms with van der Waals surface area (Å²) in [6, 6.07) is 6.02. The van der Waals surface area contributed by atoms with Crippen molar-refractivity contribution in [3.63, 3.8) is 0 Å². The molecule has 0 atom stereocenters. The Labute approximate surface area is 108 Å². The molecule has 0 saturated heterocycles. The van der Waals surface area contributed by atoms with E-state index in [1.54, 1.807) is 21.0 Å². The van der Waals surface area contributed by atoms with Crippen LogP contribution in [0.1, 0.15) is 25.0 Å². The molecule has 0 aliphatic carbocycles. The number of carbonyl (C=O) groups excluding carboxylic acids is 1. The van der Waals surface area contributed by atoms with Crippen LogP contribution in [0.2, 0.25) is 0 Å². The molecule has 0 aromatic heterocycles. The zero-order valence-corrected chi connectivity index (χ0v) is 11.2. The van der Waals surface area contributed by atoms with E-state index in [0.29, 0.717) is 0 Å². The molecular weight excluding hydrogens is 228 g/mol. The number of nitrogens with one attached hydrogen (secondary N) is 2. The number of ether oxygens (including phenoxy) is 1. The summed E-state index contributed by atoms with van der Waals surface area (Å²) in [5, 5.41) is 6.30. The van der Waals surface area contributed by atoms with E-state index in [-0.39, 0.29) is 5.91 Å². The Bertz CT molecular complexity index is 455. The lowest BCUT2D eigenvalue weighted by atomic mass is 9.98. The molecule has 1 aromatic rings. The first-order valence-corrected chi connectivity index (χ1v) is 6.22. The molecule has 0 spiro atoms. The van der Waals surface area contributed by atoms with Crippen LogP contribution < -0.4 is 10.6 Å². The van der Waals surface area contributed by atoms with Crippen LogP contribution in [0.15, 0.2) is 18.2 Å². The van der Waals surface area contributed by atoms with Crippen molar-refractivity contribution in [1.29, 1.82) is 0 Å². The predicted molar refractivity (Wildman–Crippen MR) is 71.6 cm³/mol. The number of amides is 1. The average molecular weight is 248 g/mol. The van der Waals surface area contributed by atoms with Gasteiger partial charge in [0.1, 0.15) is 5.60 Å². The lowest BCUT2D eigenvalue weighted by molar-refractivity contribution is -0.133. The van der Waals surface area contributed by atoms with Crippen LogP contribution >= 0.6 is 0 Å². The number of hydrogen-bond donors (Lipinski definition) is 2. The minimum atomic E-state index is -0.810. The third-order valence-corrected chi connectivity index (χ3v) is 3.45. The minimum Gasteiger partial charge on any atom is -0.369 e. The van der Waals surface area contributed by atoms with E-state index in [2.05, 4.69) is 16.7 Å². The fourth-order valence-electron chi connectivity index (χ4n) is 2.01. The standard InChI is InChI=1S/C14H20N2O2/c1-14(2,18-3)13(17)16-12-6-4-5-10-9-15-8-7-11(10)12/h4-6,15H,7-9H2,1-3H3,(H,16,17). The molecule has 1 aromatic carbocycles. The molecular formula is C14H20N2O2. The quantitative estimate of drug-likeness (QED) is 0.856. The molecule has 1 aliphatic rings. The van der Waals surface area contributed by atoms with Gasteiger partial charge in [-0.2, -0.15) is 0 Å². The number of rotatable bonds is 3. The summed E-state index contributed by atoms with van der Waals surface area (Å²) in [4.78, 5) is 12.1. The minimum absolute atomic E-state index is 0.114. The third-order valence-electron chi connectivity index (χ3n) is 3.45. The Morgan fingerprint density at radius 2 is 2.22 bits per heavy atom. The number of anilines is 1. The van der Waals surface area contributed by atoms with E-state index >= 15 is 0 Å². The maximum absolute atomic E-state index is 12.1. The van der Waals surface area contributed by atoms with Crippen LogP contribution in [0.3, 0.4) is 0 Å². The number of methoxy groups -OCH3 is 1. The average Bonchev–Trinajstić information content (AvgIpc) is 2.39. The van der Waals surface area contributed by atoms with Crippen LogP contribution in [0.5, 0.6) is 0 Å². The first-order chi connectivity index (χ1) is 8.54. The highest BCUT2D eigenvalue weighted by Crippen LogP contribution is 2.24. The molecule has 4 nitrogen and oxygen atoms in total. The zero-order chi connectivity index (χ0) is 13.2. The van der Waals surface area contributed by atoms with Crippen molar-refractivity contribution in [3.05, 3.63) is 29.3 Å². The largest absolute Gasteiger partial charge is 0.369 e. The second kappa shape index (κ2) is 5.08. The Hall–Kier alpha value is -1.39. The molecule has 2 rings (SSSR count). The van der Waals surface area contributed by atoms with Gasteiger partial charge >= 0.3 is 0 Å². The monoisotopic (exact) mass is 248 g/mol. The summed E-state index contributed by atoms with van der Waals surface area (Å²) in [6.45, 7) is 5.35. The highest BCUT2D eigenvalue weighted by Gasteiger charge is 2.27. The summed E-state index contributed by atoms with van der Waals surface area (Å²) < 4.78 is 5.19. The van der Waals surface area contributed by atoms with Gasteiger partial charge in [0.25, 0.3) is 5.91 Å². The van der Waals surface area contributed by atoms with E-state index in [9.17, 15) is 4.79 Å². The van der Waals surface area contributed by atoms with Crippen LogP contribution in [-0.2, 0) is 22.5 Å². The van der Waals surface area contributed by atoms with Gasteiger partial charge in [-0.1, -0.05) is 12.1 Å². The molecule has 0 fully saturated rings. The Morgan fingerprint density at radius 3 is 2.94 bits per heavy atom. The van der Waals surface area contributed by atoms with E-state index in [0.717, 1.165) is 25.2 Å². The van der Waals surface area contributed by atoms with Gasteiger partial charge in [0.05, 0.1) is 0 Å². The molecule has 0 saturated carbocycles. The van der Waals surface area contributed by atoms with Crippen LogP contribution in [0.25, 0.3) is 0 Å². The molecule has 0 radical (unpaired) electrons. The second-order valence-electron chi connectivity index (χ2n) is 5.04. The van der Waals surface area contributed by atoms with Crippen molar-refractivity contribution in [3.8, 4) is 0 Å². The normalized spacial score (nSPS) is 15.1. The van der Waals surface area contributed by atoms with E-state index in [1.165, 1.54) is 11.1 Å². The van der Waals surface area contributed by atoms with Gasteiger partial charge in [-0.3, -0.25) is 4.79 Å². The van der Waals surface area contributed by atoms with Crippen molar-refractivity contribution in [2.24, 2.45) is 0 Å². The highest BCUT2D eigenvalue weighted by atomic mass is 16.5. The van der Waals surface area contributed by atoms with Gasteiger partial charge in [-0.15, -0.1) is 0 Å². The maximum atomic E-state index is 12.1. The number of fused-ring (bicyclic) bond motifs is 1. The van der Waals surface area contributed by atoms with Crippen molar-refractivity contribution in [1.82, 2.24) is 5.32 Å². The van der Waals surface area contributed by atoms with Crippen molar-refractivity contribution in [2.45, 2.75) is 32.4 Å². The molecule has 0 bridgehead atoms. The van der Waals surface area contributed by atoms with Crippen LogP contribution in [0.4, 0.5) is 5.69 Å². The van der Waals surface area contributed by atoms with Gasteiger partial charge in [-0.25, -0.2) is 0 Å². The fraction of sp³-hybridized carbons (Fsp3) is 0.500.